The number of rotatable bonds is 7. The predicted octanol–water partition coefficient (Wildman–Crippen LogP) is 3.74. The predicted molar refractivity (Wildman–Crippen MR) is 110 cm³/mol. The van der Waals surface area contributed by atoms with Crippen molar-refractivity contribution in [2.45, 2.75) is 12.8 Å². The maximum absolute atomic E-state index is 6.01. The molecule has 1 aromatic carbocycles. The van der Waals surface area contributed by atoms with Crippen molar-refractivity contribution in [3.05, 3.63) is 57.6 Å². The van der Waals surface area contributed by atoms with Crippen LogP contribution in [0.5, 0.6) is 0 Å². The molecular formula is C19H22ClN5OS. The van der Waals surface area contributed by atoms with Gasteiger partial charge >= 0.3 is 0 Å². The first-order valence-corrected chi connectivity index (χ1v) is 9.94. The van der Waals surface area contributed by atoms with E-state index in [1.54, 1.807) is 18.4 Å². The summed E-state index contributed by atoms with van der Waals surface area (Å²) in [4.78, 5) is 12.3. The smallest absolute Gasteiger partial charge is 0.228 e. The molecule has 6 nitrogen and oxygen atoms in total. The van der Waals surface area contributed by atoms with Crippen LogP contribution in [0, 0.1) is 0 Å². The zero-order valence-electron chi connectivity index (χ0n) is 15.4. The van der Waals surface area contributed by atoms with E-state index >= 15 is 0 Å². The third kappa shape index (κ3) is 5.55. The summed E-state index contributed by atoms with van der Waals surface area (Å²) in [6, 6.07) is 11.6. The van der Waals surface area contributed by atoms with Crippen LogP contribution < -0.4 is 5.32 Å². The van der Waals surface area contributed by atoms with Crippen molar-refractivity contribution >= 4 is 28.9 Å². The van der Waals surface area contributed by atoms with Gasteiger partial charge in [-0.15, -0.1) is 11.3 Å². The molecule has 27 heavy (non-hydrogen) atoms. The lowest BCUT2D eigenvalue weighted by Crippen LogP contribution is -2.40. The molecule has 0 amide bonds. The van der Waals surface area contributed by atoms with Crippen molar-refractivity contribution in [3.8, 4) is 11.4 Å². The average Bonchev–Trinajstić information content (AvgIpc) is 3.35. The van der Waals surface area contributed by atoms with E-state index in [4.69, 9.17) is 16.1 Å². The van der Waals surface area contributed by atoms with Crippen molar-refractivity contribution < 1.29 is 4.52 Å². The van der Waals surface area contributed by atoms with Crippen LogP contribution in [0.3, 0.4) is 0 Å². The molecule has 0 aliphatic carbocycles. The Bertz CT molecular complexity index is 878. The maximum atomic E-state index is 6.01. The topological polar surface area (TPSA) is 66.5 Å². The molecule has 3 rings (SSSR count). The molecule has 2 heterocycles. The van der Waals surface area contributed by atoms with Gasteiger partial charge in [-0.3, -0.25) is 4.99 Å². The molecule has 0 radical (unpaired) electrons. The summed E-state index contributed by atoms with van der Waals surface area (Å²) >= 11 is 7.79. The highest BCUT2D eigenvalue weighted by atomic mass is 35.5. The van der Waals surface area contributed by atoms with Gasteiger partial charge in [-0.05, 0) is 30.0 Å². The Morgan fingerprint density at radius 3 is 2.93 bits per heavy atom. The molecule has 0 atom stereocenters. The molecule has 8 heteroatoms. The highest BCUT2D eigenvalue weighted by Crippen LogP contribution is 2.19. The van der Waals surface area contributed by atoms with E-state index in [2.05, 4.69) is 42.9 Å². The van der Waals surface area contributed by atoms with Crippen LogP contribution in [0.1, 0.15) is 10.8 Å². The van der Waals surface area contributed by atoms with Gasteiger partial charge in [0.2, 0.25) is 11.7 Å². The van der Waals surface area contributed by atoms with Gasteiger partial charge in [0.1, 0.15) is 0 Å². The molecule has 2 aromatic heterocycles. The molecule has 0 spiro atoms. The van der Waals surface area contributed by atoms with Crippen LogP contribution >= 0.6 is 22.9 Å². The van der Waals surface area contributed by atoms with E-state index in [-0.39, 0.29) is 0 Å². The highest BCUT2D eigenvalue weighted by Gasteiger charge is 2.10. The number of hydrogen-bond donors (Lipinski definition) is 1. The third-order valence-electron chi connectivity index (χ3n) is 4.02. The lowest BCUT2D eigenvalue weighted by Gasteiger charge is -2.21. The van der Waals surface area contributed by atoms with E-state index in [0.29, 0.717) is 29.7 Å². The lowest BCUT2D eigenvalue weighted by molar-refractivity contribution is 0.377. The van der Waals surface area contributed by atoms with Gasteiger partial charge in [-0.25, -0.2) is 0 Å². The fourth-order valence-electron chi connectivity index (χ4n) is 2.61. The first-order chi connectivity index (χ1) is 13.2. The monoisotopic (exact) mass is 403 g/mol. The van der Waals surface area contributed by atoms with Gasteiger partial charge in [0.05, 0.1) is 0 Å². The zero-order valence-corrected chi connectivity index (χ0v) is 16.9. The summed E-state index contributed by atoms with van der Waals surface area (Å²) < 4.78 is 5.34. The second-order valence-corrected chi connectivity index (χ2v) is 7.47. The van der Waals surface area contributed by atoms with E-state index in [1.165, 1.54) is 4.88 Å². The zero-order chi connectivity index (χ0) is 19.1. The van der Waals surface area contributed by atoms with Crippen LogP contribution in [-0.4, -0.2) is 48.2 Å². The molecule has 0 aliphatic heterocycles. The Kier molecular flexibility index (Phi) is 6.84. The number of nitrogens with zero attached hydrogens (tertiary/aromatic N) is 4. The molecule has 1 N–H and O–H groups in total. The minimum absolute atomic E-state index is 0.546. The molecule has 0 aliphatic rings. The van der Waals surface area contributed by atoms with Crippen LogP contribution in [0.15, 0.2) is 51.3 Å². The van der Waals surface area contributed by atoms with Gasteiger partial charge in [0, 0.05) is 49.1 Å². The summed E-state index contributed by atoms with van der Waals surface area (Å²) in [5, 5.41) is 10.1. The number of halogens is 1. The summed E-state index contributed by atoms with van der Waals surface area (Å²) in [6.45, 7) is 1.56. The van der Waals surface area contributed by atoms with Crippen molar-refractivity contribution in [2.24, 2.45) is 4.99 Å². The summed E-state index contributed by atoms with van der Waals surface area (Å²) in [5.74, 6) is 1.97. The molecule has 0 bridgehead atoms. The number of aliphatic imine (C=N–C) groups is 1. The van der Waals surface area contributed by atoms with Crippen LogP contribution in [0.25, 0.3) is 11.4 Å². The Morgan fingerprint density at radius 2 is 2.19 bits per heavy atom. The third-order valence-corrected chi connectivity index (χ3v) is 5.19. The number of likely N-dealkylation sites (N-methyl/N-ethyl adjacent to an activating group) is 1. The fourth-order valence-corrected chi connectivity index (χ4v) is 3.49. The SMILES string of the molecule is CN=C(NCCc1nc(-c2cccc(Cl)c2)no1)N(C)CCc1cccs1. The molecule has 142 valence electrons. The van der Waals surface area contributed by atoms with Gasteiger partial charge in [0.25, 0.3) is 0 Å². The molecule has 3 aromatic rings. The Morgan fingerprint density at radius 1 is 1.30 bits per heavy atom. The molecule has 0 fully saturated rings. The second kappa shape index (κ2) is 9.53. The average molecular weight is 404 g/mol. The fraction of sp³-hybridized carbons (Fsp3) is 0.316. The summed E-state index contributed by atoms with van der Waals surface area (Å²) in [5.41, 5.74) is 0.842. The first-order valence-electron chi connectivity index (χ1n) is 8.68. The largest absolute Gasteiger partial charge is 0.356 e. The van der Waals surface area contributed by atoms with E-state index in [1.807, 2.05) is 31.3 Å². The Hall–Kier alpha value is -2.38. The Balaban J connectivity index is 1.48. The molecular weight excluding hydrogens is 382 g/mol. The van der Waals surface area contributed by atoms with Crippen LogP contribution in [0.2, 0.25) is 5.02 Å². The molecule has 0 unspecified atom stereocenters. The van der Waals surface area contributed by atoms with E-state index in [9.17, 15) is 0 Å². The summed E-state index contributed by atoms with van der Waals surface area (Å²) in [7, 11) is 3.82. The Labute approximate surface area is 167 Å². The number of nitrogens with one attached hydrogen (secondary N) is 1. The minimum Gasteiger partial charge on any atom is -0.356 e. The number of benzene rings is 1. The number of thiophene rings is 1. The standard InChI is InChI=1S/C19H22ClN5OS/c1-21-19(25(2)11-9-16-7-4-12-27-16)22-10-8-17-23-18(24-26-17)14-5-3-6-15(20)13-14/h3-7,12-13H,8-11H2,1-2H3,(H,21,22). The second-order valence-electron chi connectivity index (χ2n) is 6.00. The van der Waals surface area contributed by atoms with Gasteiger partial charge in [-0.1, -0.05) is 35.0 Å². The van der Waals surface area contributed by atoms with Crippen molar-refractivity contribution in [1.29, 1.82) is 0 Å². The van der Waals surface area contributed by atoms with Gasteiger partial charge < -0.3 is 14.7 Å². The molecule has 0 saturated heterocycles. The summed E-state index contributed by atoms with van der Waals surface area (Å²) in [6.07, 6.45) is 1.62. The van der Waals surface area contributed by atoms with E-state index in [0.717, 1.165) is 24.5 Å². The van der Waals surface area contributed by atoms with Crippen LogP contribution in [-0.2, 0) is 12.8 Å². The van der Waals surface area contributed by atoms with Gasteiger partial charge in [0.15, 0.2) is 5.96 Å². The van der Waals surface area contributed by atoms with Crippen molar-refractivity contribution in [3.63, 3.8) is 0 Å². The van der Waals surface area contributed by atoms with E-state index < -0.39 is 0 Å². The maximum Gasteiger partial charge on any atom is 0.228 e. The first kappa shape index (κ1) is 19.4. The normalized spacial score (nSPS) is 11.6. The quantitative estimate of drug-likeness (QED) is 0.480. The number of aromatic nitrogens is 2. The molecule has 0 saturated carbocycles. The van der Waals surface area contributed by atoms with Crippen molar-refractivity contribution in [1.82, 2.24) is 20.4 Å². The number of guanidine groups is 1. The van der Waals surface area contributed by atoms with Crippen molar-refractivity contribution in [2.75, 3.05) is 27.2 Å². The highest BCUT2D eigenvalue weighted by molar-refractivity contribution is 7.09. The van der Waals surface area contributed by atoms with Crippen LogP contribution in [0.4, 0.5) is 0 Å². The van der Waals surface area contributed by atoms with Gasteiger partial charge in [-0.2, -0.15) is 4.98 Å². The lowest BCUT2D eigenvalue weighted by atomic mass is 10.2. The minimum atomic E-state index is 0.546. The number of hydrogen-bond acceptors (Lipinski definition) is 5.